The Balaban J connectivity index is 0.000000105. The van der Waals surface area contributed by atoms with Crippen molar-refractivity contribution in [2.24, 2.45) is 0 Å². The van der Waals surface area contributed by atoms with Crippen LogP contribution in [0.2, 0.25) is 5.02 Å². The molecule has 0 aliphatic rings. The van der Waals surface area contributed by atoms with Crippen molar-refractivity contribution in [1.82, 2.24) is 27.5 Å². The zero-order valence-corrected chi connectivity index (χ0v) is 49.7. The molecule has 0 fully saturated rings. The lowest BCUT2D eigenvalue weighted by molar-refractivity contribution is 1.15. The predicted molar refractivity (Wildman–Crippen MR) is 386 cm³/mol. The number of halogens is 1. The van der Waals surface area contributed by atoms with E-state index in [2.05, 4.69) is 325 Å². The first kappa shape index (κ1) is 50.2. The standard InChI is InChI=1S/C42H25N3.C24H16N2.C18H10ClN/c1-2-11-26(12-3-1)43-36-18-7-4-14-29(36)34-23-24-35-30-15-5-8-19-37(30)44(42(35)41(34)43)27-21-22-31-33-17-10-16-32-28-13-6-9-20-38(28)45(40(32)33)39(31)25-27;1-2-8-16(9-3-1)26-22-13-7-5-11-18(22)20-15-14-19-17-10-4-6-12-21(17)25-23(19)24(20)26;19-11-8-9-13-15-6-3-5-14-12-4-1-2-7-16(12)20(18(14)15)17(13)10-11/h1-25H;1-15,25H;1-10H. The third-order valence-electron chi connectivity index (χ3n) is 19.5. The van der Waals surface area contributed by atoms with Crippen molar-refractivity contribution in [1.29, 1.82) is 0 Å². The smallest absolute Gasteiger partial charge is 0.0788 e. The van der Waals surface area contributed by atoms with Crippen molar-refractivity contribution in [3.05, 3.63) is 308 Å². The summed E-state index contributed by atoms with van der Waals surface area (Å²) in [5.74, 6) is 0. The van der Waals surface area contributed by atoms with Crippen LogP contribution in [0.1, 0.15) is 0 Å². The SMILES string of the molecule is Clc1ccc2c3cccc4c5ccccc5n(c2c1)c43.c1ccc(-n2c3ccccc3c3ccc4c5ccccc5[nH]c4c32)cc1.c1ccc(-n2c3ccccc3c3ccc4c5ccccc5n(-c5ccc6c7cccc8c9ccccc9n(c6c5)c87)c4c32)cc1. The molecule has 6 nitrogen and oxygen atoms in total. The Kier molecular flexibility index (Phi) is 10.5. The third-order valence-corrected chi connectivity index (χ3v) is 19.7. The molecule has 8 aromatic heterocycles. The van der Waals surface area contributed by atoms with Crippen LogP contribution in [0, 0.1) is 0 Å². The zero-order valence-electron chi connectivity index (χ0n) is 49.0. The van der Waals surface area contributed by atoms with E-state index in [1.165, 1.54) is 175 Å². The van der Waals surface area contributed by atoms with Crippen LogP contribution < -0.4 is 0 Å². The molecule has 22 aromatic rings. The average Bonchev–Trinajstić information content (AvgIpc) is 1.60. The summed E-state index contributed by atoms with van der Waals surface area (Å²) >= 11 is 6.21. The molecule has 91 heavy (non-hydrogen) atoms. The minimum atomic E-state index is 0.780. The van der Waals surface area contributed by atoms with Gasteiger partial charge in [-0.15, -0.1) is 0 Å². The van der Waals surface area contributed by atoms with Crippen LogP contribution in [0.4, 0.5) is 0 Å². The molecule has 0 spiro atoms. The van der Waals surface area contributed by atoms with Crippen LogP contribution in [0.15, 0.2) is 303 Å². The Morgan fingerprint density at radius 3 is 1.04 bits per heavy atom. The highest BCUT2D eigenvalue weighted by Gasteiger charge is 2.24. The fourth-order valence-electron chi connectivity index (χ4n) is 15.8. The summed E-state index contributed by atoms with van der Waals surface area (Å²) in [6.45, 7) is 0. The van der Waals surface area contributed by atoms with Gasteiger partial charge >= 0.3 is 0 Å². The van der Waals surface area contributed by atoms with Gasteiger partial charge in [-0.25, -0.2) is 0 Å². The van der Waals surface area contributed by atoms with Gasteiger partial charge in [0.15, 0.2) is 0 Å². The molecule has 0 saturated carbocycles. The quantitative estimate of drug-likeness (QED) is 0.183. The summed E-state index contributed by atoms with van der Waals surface area (Å²) in [7, 11) is 0. The van der Waals surface area contributed by atoms with Crippen molar-refractivity contribution in [3.8, 4) is 17.1 Å². The van der Waals surface area contributed by atoms with E-state index < -0.39 is 0 Å². The minimum absolute atomic E-state index is 0.780. The second kappa shape index (κ2) is 19.1. The molecule has 0 radical (unpaired) electrons. The number of aromatic amines is 1. The number of hydrogen-bond donors (Lipinski definition) is 1. The Hall–Kier alpha value is -11.8. The van der Waals surface area contributed by atoms with Crippen molar-refractivity contribution in [2.75, 3.05) is 0 Å². The molecule has 0 aliphatic carbocycles. The van der Waals surface area contributed by atoms with Gasteiger partial charge in [-0.05, 0) is 84.9 Å². The molecule has 0 unspecified atom stereocenters. The topological polar surface area (TPSA) is 39.4 Å². The van der Waals surface area contributed by atoms with Crippen LogP contribution >= 0.6 is 11.6 Å². The highest BCUT2D eigenvalue weighted by molar-refractivity contribution is 6.32. The molecule has 0 aliphatic heterocycles. The van der Waals surface area contributed by atoms with Gasteiger partial charge < -0.3 is 27.5 Å². The maximum atomic E-state index is 6.21. The Morgan fingerprint density at radius 2 is 0.538 bits per heavy atom. The summed E-state index contributed by atoms with van der Waals surface area (Å²) in [5, 5.41) is 21.3. The highest BCUT2D eigenvalue weighted by Crippen LogP contribution is 2.46. The lowest BCUT2D eigenvalue weighted by Gasteiger charge is -2.13. The van der Waals surface area contributed by atoms with Crippen molar-refractivity contribution >= 4 is 175 Å². The molecule has 0 amide bonds. The number of aromatic nitrogens is 6. The number of hydrogen-bond acceptors (Lipinski definition) is 0. The lowest BCUT2D eigenvalue weighted by Crippen LogP contribution is -1.98. The number of rotatable bonds is 3. The van der Waals surface area contributed by atoms with Crippen LogP contribution in [-0.4, -0.2) is 27.5 Å². The van der Waals surface area contributed by atoms with Crippen molar-refractivity contribution < 1.29 is 0 Å². The molecule has 0 saturated heterocycles. The maximum absolute atomic E-state index is 6.21. The predicted octanol–water partition coefficient (Wildman–Crippen LogP) is 22.9. The number of benzene rings is 14. The van der Waals surface area contributed by atoms with Crippen molar-refractivity contribution in [2.45, 2.75) is 0 Å². The van der Waals surface area contributed by atoms with Crippen LogP contribution in [0.25, 0.3) is 180 Å². The zero-order chi connectivity index (χ0) is 59.6. The average molecular weight is 1180 g/mol. The van der Waals surface area contributed by atoms with Gasteiger partial charge in [0, 0.05) is 114 Å². The highest BCUT2D eigenvalue weighted by atomic mass is 35.5. The minimum Gasteiger partial charge on any atom is -0.353 e. The van der Waals surface area contributed by atoms with Crippen LogP contribution in [-0.2, 0) is 0 Å². The third kappa shape index (κ3) is 7.02. The first-order valence-corrected chi connectivity index (χ1v) is 31.5. The fraction of sp³-hybridized carbons (Fsp3) is 0. The molecule has 14 aromatic carbocycles. The normalized spacial score (nSPS) is 12.2. The number of para-hydroxylation sites is 10. The van der Waals surface area contributed by atoms with E-state index in [1.54, 1.807) is 0 Å². The maximum Gasteiger partial charge on any atom is 0.0788 e. The molecule has 424 valence electrons. The number of nitrogens with zero attached hydrogens (tertiary/aromatic N) is 5. The monoisotopic (exact) mass is 1180 g/mol. The largest absolute Gasteiger partial charge is 0.353 e. The van der Waals surface area contributed by atoms with Crippen LogP contribution in [0.3, 0.4) is 0 Å². The number of H-pyrrole nitrogens is 1. The molecule has 1 N–H and O–H groups in total. The van der Waals surface area contributed by atoms with Gasteiger partial charge in [0.25, 0.3) is 0 Å². The molecule has 8 heterocycles. The van der Waals surface area contributed by atoms with E-state index in [4.69, 9.17) is 11.6 Å². The van der Waals surface area contributed by atoms with E-state index >= 15 is 0 Å². The summed E-state index contributed by atoms with van der Waals surface area (Å²) in [5.41, 5.74) is 20.8. The Morgan fingerprint density at radius 1 is 0.209 bits per heavy atom. The second-order valence-electron chi connectivity index (χ2n) is 24.1. The molecule has 7 heteroatoms. The number of fused-ring (bicyclic) bond motifs is 26. The van der Waals surface area contributed by atoms with E-state index in [0.29, 0.717) is 0 Å². The van der Waals surface area contributed by atoms with E-state index in [-0.39, 0.29) is 0 Å². The number of nitrogens with one attached hydrogen (secondary N) is 1. The van der Waals surface area contributed by atoms with Gasteiger partial charge in [0.05, 0.1) is 71.7 Å². The molecular weight excluding hydrogens is 1130 g/mol. The molecule has 22 rings (SSSR count). The lowest BCUT2D eigenvalue weighted by atomic mass is 10.1. The van der Waals surface area contributed by atoms with E-state index in [1.807, 2.05) is 6.07 Å². The second-order valence-corrected chi connectivity index (χ2v) is 24.5. The summed E-state index contributed by atoms with van der Waals surface area (Å²) in [4.78, 5) is 3.67. The van der Waals surface area contributed by atoms with E-state index in [9.17, 15) is 0 Å². The fourth-order valence-corrected chi connectivity index (χ4v) is 16.0. The van der Waals surface area contributed by atoms with Gasteiger partial charge in [-0.1, -0.05) is 230 Å². The molecule has 0 atom stereocenters. The summed E-state index contributed by atoms with van der Waals surface area (Å²) in [6, 6.07) is 109. The summed E-state index contributed by atoms with van der Waals surface area (Å²) in [6.07, 6.45) is 0. The van der Waals surface area contributed by atoms with Crippen molar-refractivity contribution in [3.63, 3.8) is 0 Å². The van der Waals surface area contributed by atoms with Crippen LogP contribution in [0.5, 0.6) is 0 Å². The van der Waals surface area contributed by atoms with Gasteiger partial charge in [-0.3, -0.25) is 0 Å². The first-order valence-electron chi connectivity index (χ1n) is 31.1. The Labute approximate surface area is 524 Å². The molecular formula is C84H51ClN6. The Bertz CT molecular complexity index is 6710. The van der Waals surface area contributed by atoms with E-state index in [0.717, 1.165) is 10.7 Å². The van der Waals surface area contributed by atoms with Gasteiger partial charge in [0.2, 0.25) is 0 Å². The molecule has 0 bridgehead atoms. The van der Waals surface area contributed by atoms with Gasteiger partial charge in [-0.2, -0.15) is 0 Å². The first-order chi connectivity index (χ1) is 45.1. The summed E-state index contributed by atoms with van der Waals surface area (Å²) < 4.78 is 12.1. The van der Waals surface area contributed by atoms with Gasteiger partial charge in [0.1, 0.15) is 0 Å².